The maximum absolute atomic E-state index is 13.8. The SMILES string of the molecule is CC[C@@H](NCc1nc2c(c(N[C@@H](CN3[C@@H]4CCC[C@@H]3CC4)c3cnn(C)c3)n1)C[C@H](c1ccc(F)cc1)CC2)C1CCC(C(=O)O)CC1. The van der Waals surface area contributed by atoms with Gasteiger partial charge in [-0.05, 0) is 107 Å². The molecule has 3 N–H and O–H groups in total. The Kier molecular flexibility index (Phi) is 10.1. The van der Waals surface area contributed by atoms with Crippen LogP contribution in [-0.4, -0.2) is 60.4 Å². The first-order valence-corrected chi connectivity index (χ1v) is 18.5. The summed E-state index contributed by atoms with van der Waals surface area (Å²) in [6, 6.07) is 8.65. The molecule has 7 rings (SSSR count). The van der Waals surface area contributed by atoms with E-state index in [0.29, 0.717) is 30.6 Å². The molecule has 258 valence electrons. The normalized spacial score (nSPS) is 26.9. The Balaban J connectivity index is 1.16. The molecule has 0 amide bonds. The minimum Gasteiger partial charge on any atom is -0.481 e. The van der Waals surface area contributed by atoms with Gasteiger partial charge in [-0.3, -0.25) is 14.4 Å². The van der Waals surface area contributed by atoms with Crippen LogP contribution < -0.4 is 10.6 Å². The number of anilines is 1. The van der Waals surface area contributed by atoms with Gasteiger partial charge in [-0.15, -0.1) is 0 Å². The van der Waals surface area contributed by atoms with Gasteiger partial charge in [0, 0.05) is 54.7 Å². The number of halogens is 1. The summed E-state index contributed by atoms with van der Waals surface area (Å²) >= 11 is 0. The van der Waals surface area contributed by atoms with Crippen molar-refractivity contribution in [2.45, 2.75) is 127 Å². The Morgan fingerprint density at radius 2 is 1.77 bits per heavy atom. The molecule has 3 fully saturated rings. The maximum Gasteiger partial charge on any atom is 0.306 e. The number of fused-ring (bicyclic) bond motifs is 3. The number of aromatic nitrogens is 4. The summed E-state index contributed by atoms with van der Waals surface area (Å²) in [5.41, 5.74) is 4.62. The fraction of sp³-hybridized carbons (Fsp3) is 0.632. The summed E-state index contributed by atoms with van der Waals surface area (Å²) in [4.78, 5) is 24.7. The van der Waals surface area contributed by atoms with Crippen molar-refractivity contribution in [2.75, 3.05) is 11.9 Å². The van der Waals surface area contributed by atoms with E-state index in [1.807, 2.05) is 30.1 Å². The summed E-state index contributed by atoms with van der Waals surface area (Å²) in [5.74, 6) is 1.40. The van der Waals surface area contributed by atoms with E-state index in [2.05, 4.69) is 33.8 Å². The Morgan fingerprint density at radius 3 is 2.44 bits per heavy atom. The van der Waals surface area contributed by atoms with Crippen LogP contribution in [0.3, 0.4) is 0 Å². The summed E-state index contributed by atoms with van der Waals surface area (Å²) in [6.07, 6.45) is 17.6. The van der Waals surface area contributed by atoms with Crippen molar-refractivity contribution in [1.29, 1.82) is 0 Å². The van der Waals surface area contributed by atoms with Crippen LogP contribution in [-0.2, 0) is 31.2 Å². The fourth-order valence-electron chi connectivity index (χ4n) is 9.27. The molecule has 2 aromatic heterocycles. The lowest BCUT2D eigenvalue weighted by molar-refractivity contribution is -0.143. The molecular formula is C38H52FN7O2. The first-order chi connectivity index (χ1) is 23.3. The Hall–Kier alpha value is -3.37. The van der Waals surface area contributed by atoms with Gasteiger partial charge in [0.15, 0.2) is 0 Å². The van der Waals surface area contributed by atoms with Gasteiger partial charge >= 0.3 is 5.97 Å². The molecular weight excluding hydrogens is 605 g/mol. The third-order valence-electron chi connectivity index (χ3n) is 12.0. The standard InChI is InChI=1S/C38H52FN7O2/c1-3-33(25-7-9-26(10-8-25)38(47)48)40-21-36-42-34-18-13-27(24-11-14-29(39)15-12-24)19-32(34)37(44-36)43-35(28-20-41-45(2)22-28)23-46-30-5-4-6-31(46)17-16-30/h11-12,14-15,20,22,25-27,30-31,33,35,40H,3-10,13,16-19,21,23H2,1-2H3,(H,47,48)(H,42,43,44)/t25?,26?,27-,30-,31-,33-,35+/m1/s1. The molecule has 5 atom stereocenters. The zero-order valence-electron chi connectivity index (χ0n) is 28.6. The second-order valence-corrected chi connectivity index (χ2v) is 14.9. The van der Waals surface area contributed by atoms with E-state index in [4.69, 9.17) is 9.97 Å². The zero-order chi connectivity index (χ0) is 33.2. The fourth-order valence-corrected chi connectivity index (χ4v) is 9.27. The molecule has 2 saturated heterocycles. The Morgan fingerprint density at radius 1 is 1.02 bits per heavy atom. The largest absolute Gasteiger partial charge is 0.481 e. The predicted octanol–water partition coefficient (Wildman–Crippen LogP) is 6.55. The molecule has 10 heteroatoms. The zero-order valence-corrected chi connectivity index (χ0v) is 28.6. The number of aryl methyl sites for hydroxylation is 2. The number of rotatable bonds is 12. The van der Waals surface area contributed by atoms with Gasteiger partial charge in [-0.25, -0.2) is 14.4 Å². The highest BCUT2D eigenvalue weighted by Crippen LogP contribution is 2.39. The molecule has 9 nitrogen and oxygen atoms in total. The van der Waals surface area contributed by atoms with Gasteiger partial charge < -0.3 is 15.7 Å². The lowest BCUT2D eigenvalue weighted by Gasteiger charge is -2.37. The van der Waals surface area contributed by atoms with Crippen LogP contribution in [0.1, 0.15) is 118 Å². The summed E-state index contributed by atoms with van der Waals surface area (Å²) in [7, 11) is 1.98. The van der Waals surface area contributed by atoms with Crippen molar-refractivity contribution < 1.29 is 14.3 Å². The molecule has 4 heterocycles. The number of carboxylic acid groups (broad SMARTS) is 1. The molecule has 3 aromatic rings. The number of hydrogen-bond acceptors (Lipinski definition) is 7. The third kappa shape index (κ3) is 7.30. The highest BCUT2D eigenvalue weighted by atomic mass is 19.1. The monoisotopic (exact) mass is 657 g/mol. The van der Waals surface area contributed by atoms with Gasteiger partial charge in [0.2, 0.25) is 0 Å². The van der Waals surface area contributed by atoms with Crippen LogP contribution in [0.5, 0.6) is 0 Å². The van der Waals surface area contributed by atoms with Crippen molar-refractivity contribution in [3.05, 3.63) is 70.7 Å². The van der Waals surface area contributed by atoms with Gasteiger partial charge in [0.1, 0.15) is 17.5 Å². The van der Waals surface area contributed by atoms with E-state index >= 15 is 0 Å². The average Bonchev–Trinajstić information content (AvgIpc) is 3.61. The lowest BCUT2D eigenvalue weighted by atomic mass is 9.78. The minimum atomic E-state index is -0.656. The van der Waals surface area contributed by atoms with E-state index in [1.54, 1.807) is 12.1 Å². The molecule has 0 radical (unpaired) electrons. The van der Waals surface area contributed by atoms with Crippen LogP contribution >= 0.6 is 0 Å². The number of nitrogens with one attached hydrogen (secondary N) is 2. The number of benzene rings is 1. The molecule has 48 heavy (non-hydrogen) atoms. The molecule has 2 bridgehead atoms. The third-order valence-corrected chi connectivity index (χ3v) is 12.0. The average molecular weight is 658 g/mol. The lowest BCUT2D eigenvalue weighted by Crippen LogP contribution is -2.43. The van der Waals surface area contributed by atoms with Gasteiger partial charge in [0.25, 0.3) is 0 Å². The van der Waals surface area contributed by atoms with E-state index in [1.165, 1.54) is 43.2 Å². The number of carbonyl (C=O) groups is 1. The van der Waals surface area contributed by atoms with Crippen LogP contribution in [0.15, 0.2) is 36.7 Å². The van der Waals surface area contributed by atoms with E-state index in [0.717, 1.165) is 80.8 Å². The predicted molar refractivity (Wildman–Crippen MR) is 184 cm³/mol. The Bertz CT molecular complexity index is 1540. The second-order valence-electron chi connectivity index (χ2n) is 14.9. The molecule has 1 saturated carbocycles. The first-order valence-electron chi connectivity index (χ1n) is 18.5. The van der Waals surface area contributed by atoms with E-state index in [9.17, 15) is 14.3 Å². The summed E-state index contributed by atoms with van der Waals surface area (Å²) in [6.45, 7) is 3.71. The number of piperidine rings is 1. The molecule has 0 spiro atoms. The molecule has 2 aliphatic heterocycles. The van der Waals surface area contributed by atoms with Crippen molar-refractivity contribution in [1.82, 2.24) is 30.0 Å². The van der Waals surface area contributed by atoms with Crippen molar-refractivity contribution in [2.24, 2.45) is 18.9 Å². The minimum absolute atomic E-state index is 0.0405. The molecule has 2 aliphatic carbocycles. The molecule has 1 aromatic carbocycles. The summed E-state index contributed by atoms with van der Waals surface area (Å²) < 4.78 is 15.7. The summed E-state index contributed by atoms with van der Waals surface area (Å²) in [5, 5.41) is 21.8. The van der Waals surface area contributed by atoms with Gasteiger partial charge in [0.05, 0.1) is 24.7 Å². The van der Waals surface area contributed by atoms with Gasteiger partial charge in [-0.2, -0.15) is 5.10 Å². The maximum atomic E-state index is 13.8. The number of hydrogen-bond donors (Lipinski definition) is 3. The number of aliphatic carboxylic acids is 1. The van der Waals surface area contributed by atoms with Crippen LogP contribution in [0.25, 0.3) is 0 Å². The number of nitrogens with zero attached hydrogens (tertiary/aromatic N) is 5. The Labute approximate surface area is 284 Å². The second kappa shape index (κ2) is 14.6. The van der Waals surface area contributed by atoms with Crippen molar-refractivity contribution in [3.63, 3.8) is 0 Å². The molecule has 0 unspecified atom stereocenters. The quantitative estimate of drug-likeness (QED) is 0.201. The highest BCUT2D eigenvalue weighted by Gasteiger charge is 2.38. The van der Waals surface area contributed by atoms with Gasteiger partial charge in [-0.1, -0.05) is 25.5 Å². The van der Waals surface area contributed by atoms with E-state index < -0.39 is 5.97 Å². The highest BCUT2D eigenvalue weighted by molar-refractivity contribution is 5.70. The smallest absolute Gasteiger partial charge is 0.306 e. The van der Waals surface area contributed by atoms with Crippen molar-refractivity contribution >= 4 is 11.8 Å². The van der Waals surface area contributed by atoms with E-state index in [-0.39, 0.29) is 23.7 Å². The van der Waals surface area contributed by atoms with Crippen molar-refractivity contribution in [3.8, 4) is 0 Å². The molecule has 4 aliphatic rings. The topological polar surface area (TPSA) is 108 Å². The van der Waals surface area contributed by atoms with Crippen LogP contribution in [0.2, 0.25) is 0 Å². The number of carboxylic acids is 1. The van der Waals surface area contributed by atoms with Crippen LogP contribution in [0.4, 0.5) is 10.2 Å². The van der Waals surface area contributed by atoms with Crippen LogP contribution in [0, 0.1) is 17.7 Å². The first kappa shape index (κ1) is 33.1.